The number of rotatable bonds is 1. The Balaban J connectivity index is 1.54. The molecule has 0 N–H and O–H groups in total. The highest BCUT2D eigenvalue weighted by atomic mass is 16.5. The summed E-state index contributed by atoms with van der Waals surface area (Å²) in [5.41, 5.74) is -0.177. The van der Waals surface area contributed by atoms with Crippen LogP contribution in [-0.4, -0.2) is 78.6 Å². The van der Waals surface area contributed by atoms with Gasteiger partial charge < -0.3 is 19.4 Å². The van der Waals surface area contributed by atoms with Crippen LogP contribution in [-0.2, 0) is 9.53 Å². The predicted molar refractivity (Wildman–Crippen MR) is 82.5 cm³/mol. The van der Waals surface area contributed by atoms with Crippen LogP contribution in [0, 0.1) is 0 Å². The summed E-state index contributed by atoms with van der Waals surface area (Å²) in [6.07, 6.45) is 5.44. The van der Waals surface area contributed by atoms with E-state index in [1.165, 1.54) is 0 Å². The van der Waals surface area contributed by atoms with Gasteiger partial charge in [0.2, 0.25) is 0 Å². The van der Waals surface area contributed by atoms with Gasteiger partial charge in [0, 0.05) is 40.3 Å². The summed E-state index contributed by atoms with van der Waals surface area (Å²) in [6, 6.07) is 0.0672. The second-order valence-corrected chi connectivity index (χ2v) is 7.02. The molecule has 0 aliphatic carbocycles. The molecular formula is C16H27N3O3. The van der Waals surface area contributed by atoms with E-state index in [9.17, 15) is 9.59 Å². The van der Waals surface area contributed by atoms with Crippen LogP contribution in [0.4, 0.5) is 4.79 Å². The number of amides is 3. The van der Waals surface area contributed by atoms with Crippen molar-refractivity contribution < 1.29 is 14.3 Å². The third-order valence-corrected chi connectivity index (χ3v) is 5.28. The van der Waals surface area contributed by atoms with Gasteiger partial charge in [0.15, 0.2) is 0 Å². The molecule has 22 heavy (non-hydrogen) atoms. The van der Waals surface area contributed by atoms with Gasteiger partial charge in [-0.05, 0) is 38.5 Å². The van der Waals surface area contributed by atoms with Crippen molar-refractivity contribution in [3.63, 3.8) is 0 Å². The van der Waals surface area contributed by atoms with Crippen molar-refractivity contribution in [1.82, 2.24) is 14.7 Å². The molecule has 3 aliphatic heterocycles. The first-order chi connectivity index (χ1) is 10.5. The minimum atomic E-state index is -0.255. The van der Waals surface area contributed by atoms with Crippen LogP contribution < -0.4 is 0 Å². The maximum absolute atomic E-state index is 12.5. The van der Waals surface area contributed by atoms with Gasteiger partial charge in [-0.15, -0.1) is 0 Å². The summed E-state index contributed by atoms with van der Waals surface area (Å²) in [7, 11) is 3.56. The molecule has 0 unspecified atom stereocenters. The third kappa shape index (κ3) is 2.93. The van der Waals surface area contributed by atoms with Crippen molar-refractivity contribution in [2.45, 2.75) is 50.2 Å². The molecule has 3 rings (SSSR count). The number of carbonyl (C=O) groups excluding carboxylic acids is 2. The Morgan fingerprint density at radius 3 is 2.23 bits per heavy atom. The van der Waals surface area contributed by atoms with Crippen LogP contribution in [0.1, 0.15) is 38.5 Å². The molecule has 0 saturated carbocycles. The average Bonchev–Trinajstić information content (AvgIpc) is 3.17. The van der Waals surface area contributed by atoms with Crippen LogP contribution in [0.2, 0.25) is 0 Å². The van der Waals surface area contributed by atoms with Crippen LogP contribution >= 0.6 is 0 Å². The lowest BCUT2D eigenvalue weighted by Gasteiger charge is -2.39. The first-order valence-corrected chi connectivity index (χ1v) is 8.44. The number of nitrogens with zero attached hydrogens (tertiary/aromatic N) is 3. The number of hydrogen-bond acceptors (Lipinski definition) is 3. The van der Waals surface area contributed by atoms with E-state index in [4.69, 9.17) is 4.74 Å². The van der Waals surface area contributed by atoms with Gasteiger partial charge in [-0.25, -0.2) is 4.79 Å². The summed E-state index contributed by atoms with van der Waals surface area (Å²) in [5, 5.41) is 0. The molecule has 0 bridgehead atoms. The van der Waals surface area contributed by atoms with Crippen LogP contribution in [0.5, 0.6) is 0 Å². The molecule has 1 spiro atoms. The molecule has 1 atom stereocenters. The summed E-state index contributed by atoms with van der Waals surface area (Å²) >= 11 is 0. The maximum atomic E-state index is 12.5. The van der Waals surface area contributed by atoms with Gasteiger partial charge in [-0.3, -0.25) is 4.79 Å². The standard InChI is InChI=1S/C16H27N3O3/c1-17(2)15(21)19-11-7-16(8-12-19)6-5-13(22-16)14(20)18-9-3-4-10-18/h13H,3-12H2,1-2H3/t13-/m0/s1. The summed E-state index contributed by atoms with van der Waals surface area (Å²) in [5.74, 6) is 0.182. The molecule has 0 aromatic carbocycles. The number of ether oxygens (including phenoxy) is 1. The van der Waals surface area contributed by atoms with Crippen molar-refractivity contribution in [2.75, 3.05) is 40.3 Å². The quantitative estimate of drug-likeness (QED) is 0.734. The third-order valence-electron chi connectivity index (χ3n) is 5.28. The molecule has 6 nitrogen and oxygen atoms in total. The highest BCUT2D eigenvalue weighted by Crippen LogP contribution is 2.39. The van der Waals surface area contributed by atoms with Gasteiger partial charge in [0.05, 0.1) is 5.60 Å². The van der Waals surface area contributed by atoms with E-state index in [-0.39, 0.29) is 23.6 Å². The topological polar surface area (TPSA) is 53.1 Å². The summed E-state index contributed by atoms with van der Waals surface area (Å²) in [6.45, 7) is 3.22. The largest absolute Gasteiger partial charge is 0.362 e. The second kappa shape index (κ2) is 6.07. The number of likely N-dealkylation sites (tertiary alicyclic amines) is 2. The molecule has 3 fully saturated rings. The number of carbonyl (C=O) groups is 2. The number of hydrogen-bond donors (Lipinski definition) is 0. The van der Waals surface area contributed by atoms with Crippen molar-refractivity contribution in [2.24, 2.45) is 0 Å². The molecule has 3 heterocycles. The Kier molecular flexibility index (Phi) is 4.30. The van der Waals surface area contributed by atoms with Crippen LogP contribution in [0.15, 0.2) is 0 Å². The van der Waals surface area contributed by atoms with E-state index in [1.54, 1.807) is 19.0 Å². The average molecular weight is 309 g/mol. The highest BCUT2D eigenvalue weighted by Gasteiger charge is 2.46. The predicted octanol–water partition coefficient (Wildman–Crippen LogP) is 1.30. The van der Waals surface area contributed by atoms with E-state index in [1.807, 2.05) is 9.80 Å². The lowest BCUT2D eigenvalue weighted by Crippen LogP contribution is -2.50. The highest BCUT2D eigenvalue weighted by molar-refractivity contribution is 5.81. The van der Waals surface area contributed by atoms with Gasteiger partial charge in [0.1, 0.15) is 6.10 Å². The monoisotopic (exact) mass is 309 g/mol. The Labute approximate surface area is 132 Å². The van der Waals surface area contributed by atoms with E-state index in [0.717, 1.165) is 64.7 Å². The van der Waals surface area contributed by atoms with Crippen LogP contribution in [0.25, 0.3) is 0 Å². The van der Waals surface area contributed by atoms with Gasteiger partial charge >= 0.3 is 6.03 Å². The fourth-order valence-electron chi connectivity index (χ4n) is 3.89. The molecule has 0 aromatic rings. The zero-order chi connectivity index (χ0) is 15.7. The smallest absolute Gasteiger partial charge is 0.319 e. The molecule has 6 heteroatoms. The van der Waals surface area contributed by atoms with Gasteiger partial charge in [-0.2, -0.15) is 0 Å². The van der Waals surface area contributed by atoms with E-state index < -0.39 is 0 Å². The van der Waals surface area contributed by atoms with Gasteiger partial charge in [-0.1, -0.05) is 0 Å². The van der Waals surface area contributed by atoms with Crippen molar-refractivity contribution in [3.8, 4) is 0 Å². The summed E-state index contributed by atoms with van der Waals surface area (Å²) < 4.78 is 6.21. The molecule has 3 aliphatic rings. The zero-order valence-corrected chi connectivity index (χ0v) is 13.7. The minimum absolute atomic E-state index is 0.0672. The van der Waals surface area contributed by atoms with E-state index in [0.29, 0.717) is 0 Å². The Hall–Kier alpha value is -1.30. The Bertz CT molecular complexity index is 438. The molecule has 0 radical (unpaired) electrons. The molecule has 0 aromatic heterocycles. The van der Waals surface area contributed by atoms with E-state index >= 15 is 0 Å². The number of piperidine rings is 1. The van der Waals surface area contributed by atoms with Crippen molar-refractivity contribution in [3.05, 3.63) is 0 Å². The molecule has 124 valence electrons. The lowest BCUT2D eigenvalue weighted by atomic mass is 9.88. The van der Waals surface area contributed by atoms with E-state index in [2.05, 4.69) is 0 Å². The fourth-order valence-corrected chi connectivity index (χ4v) is 3.89. The maximum Gasteiger partial charge on any atom is 0.319 e. The normalized spacial score (nSPS) is 27.5. The molecular weight excluding hydrogens is 282 g/mol. The fraction of sp³-hybridized carbons (Fsp3) is 0.875. The van der Waals surface area contributed by atoms with Crippen LogP contribution in [0.3, 0.4) is 0 Å². The zero-order valence-electron chi connectivity index (χ0n) is 13.7. The molecule has 3 amide bonds. The van der Waals surface area contributed by atoms with Crippen molar-refractivity contribution in [1.29, 1.82) is 0 Å². The number of urea groups is 1. The Morgan fingerprint density at radius 2 is 1.64 bits per heavy atom. The summed E-state index contributed by atoms with van der Waals surface area (Å²) in [4.78, 5) is 29.9. The van der Waals surface area contributed by atoms with Gasteiger partial charge in [0.25, 0.3) is 5.91 Å². The SMILES string of the molecule is CN(C)C(=O)N1CCC2(CC[C@@H](C(=O)N3CCCC3)O2)CC1. The lowest BCUT2D eigenvalue weighted by molar-refractivity contribution is -0.149. The molecule has 3 saturated heterocycles. The first-order valence-electron chi connectivity index (χ1n) is 8.44. The second-order valence-electron chi connectivity index (χ2n) is 7.02. The Morgan fingerprint density at radius 1 is 1.00 bits per heavy atom. The first kappa shape index (κ1) is 15.6. The van der Waals surface area contributed by atoms with Crippen molar-refractivity contribution >= 4 is 11.9 Å². The minimum Gasteiger partial charge on any atom is -0.362 e.